The number of pyridine rings is 2. The molecule has 0 saturated carbocycles. The Morgan fingerprint density at radius 1 is 1.09 bits per heavy atom. The highest BCUT2D eigenvalue weighted by Gasteiger charge is 2.34. The van der Waals surface area contributed by atoms with Crippen LogP contribution in [-0.2, 0) is 12.6 Å². The number of thioether (sulfide) groups is 1. The highest BCUT2D eigenvalue weighted by molar-refractivity contribution is 9.10. The van der Waals surface area contributed by atoms with E-state index in [4.69, 9.17) is 4.99 Å². The van der Waals surface area contributed by atoms with E-state index in [-0.39, 0.29) is 16.4 Å². The second-order valence-electron chi connectivity index (χ2n) is 8.59. The molecule has 0 amide bonds. The lowest BCUT2D eigenvalue weighted by atomic mass is 9.83. The summed E-state index contributed by atoms with van der Waals surface area (Å²) in [5, 5.41) is 3.04. The van der Waals surface area contributed by atoms with Crippen molar-refractivity contribution in [3.8, 4) is 0 Å². The fraction of sp³-hybridized carbons (Fsp3) is 0.320. The quantitative estimate of drug-likeness (QED) is 0.365. The van der Waals surface area contributed by atoms with Gasteiger partial charge in [-0.15, -0.1) is 11.8 Å². The van der Waals surface area contributed by atoms with Gasteiger partial charge in [0.15, 0.2) is 0 Å². The smallest absolute Gasteiger partial charge is 0.325 e. The molecule has 2 aliphatic rings. The number of nitrogens with one attached hydrogen (secondary N) is 1. The predicted octanol–water partition coefficient (Wildman–Crippen LogP) is 7.61. The number of aromatic nitrogens is 2. The number of fused-ring (bicyclic) bond motifs is 1. The minimum Gasteiger partial charge on any atom is -0.325 e. The molecule has 0 spiro atoms. The Labute approximate surface area is 208 Å². The summed E-state index contributed by atoms with van der Waals surface area (Å²) < 4.78 is 40.3. The molecule has 1 aliphatic carbocycles. The topological polar surface area (TPSA) is 50.2 Å². The molecule has 1 N–H and O–H groups in total. The van der Waals surface area contributed by atoms with Crippen LogP contribution in [0.4, 0.5) is 24.8 Å². The molecular formula is C25H22BrF3N4S. The standard InChI is InChI=1S/C25H22BrF3N4S/c1-14-9-20(32-23(10-14)33-22-12-16(7-8-30-22)25(27,28)29)21-13-31-24(34-21)19-4-2-3-15-11-17(26)5-6-18(15)19/h5-13,19,21,24H,2-4H2,1H3,(H,30,32,33). The Morgan fingerprint density at radius 3 is 2.76 bits per heavy atom. The highest BCUT2D eigenvalue weighted by Crippen LogP contribution is 2.47. The number of hydrogen-bond donors (Lipinski definition) is 1. The molecule has 176 valence electrons. The third kappa shape index (κ3) is 5.00. The van der Waals surface area contributed by atoms with E-state index in [1.165, 1.54) is 11.1 Å². The third-order valence-corrected chi connectivity index (χ3v) is 7.97. The third-order valence-electron chi connectivity index (χ3n) is 6.09. The van der Waals surface area contributed by atoms with Crippen molar-refractivity contribution in [2.75, 3.05) is 5.32 Å². The summed E-state index contributed by atoms with van der Waals surface area (Å²) in [4.78, 5) is 13.6. The van der Waals surface area contributed by atoms with Crippen molar-refractivity contribution in [2.45, 2.75) is 48.9 Å². The number of alkyl halides is 3. The van der Waals surface area contributed by atoms with Gasteiger partial charge in [-0.1, -0.05) is 22.0 Å². The van der Waals surface area contributed by atoms with E-state index in [9.17, 15) is 13.2 Å². The van der Waals surface area contributed by atoms with E-state index >= 15 is 0 Å². The van der Waals surface area contributed by atoms with Gasteiger partial charge in [-0.3, -0.25) is 4.99 Å². The van der Waals surface area contributed by atoms with E-state index in [0.717, 1.165) is 53.3 Å². The molecule has 3 atom stereocenters. The zero-order valence-corrected chi connectivity index (χ0v) is 20.7. The maximum Gasteiger partial charge on any atom is 0.416 e. The van der Waals surface area contributed by atoms with Crippen LogP contribution in [0.2, 0.25) is 0 Å². The normalized spacial score (nSPS) is 22.0. The molecule has 4 nitrogen and oxygen atoms in total. The minimum absolute atomic E-state index is 0.0132. The average Bonchev–Trinajstić information content (AvgIpc) is 3.28. The van der Waals surface area contributed by atoms with Gasteiger partial charge in [0.05, 0.1) is 16.5 Å². The van der Waals surface area contributed by atoms with Crippen molar-refractivity contribution in [2.24, 2.45) is 4.99 Å². The lowest BCUT2D eigenvalue weighted by molar-refractivity contribution is -0.137. The van der Waals surface area contributed by atoms with Crippen molar-refractivity contribution in [3.05, 3.63) is 81.1 Å². The van der Waals surface area contributed by atoms with Crippen molar-refractivity contribution in [3.63, 3.8) is 0 Å². The van der Waals surface area contributed by atoms with Gasteiger partial charge in [-0.05, 0) is 79.3 Å². The summed E-state index contributed by atoms with van der Waals surface area (Å²) >= 11 is 5.35. The van der Waals surface area contributed by atoms with E-state index < -0.39 is 11.7 Å². The van der Waals surface area contributed by atoms with Gasteiger partial charge < -0.3 is 5.32 Å². The van der Waals surface area contributed by atoms with Crippen LogP contribution in [0.5, 0.6) is 0 Å². The second kappa shape index (κ2) is 9.34. The van der Waals surface area contributed by atoms with Gasteiger partial charge in [-0.2, -0.15) is 13.2 Å². The van der Waals surface area contributed by atoms with Gasteiger partial charge in [0.1, 0.15) is 17.0 Å². The first-order chi connectivity index (χ1) is 16.3. The summed E-state index contributed by atoms with van der Waals surface area (Å²) in [6, 6.07) is 12.3. The number of anilines is 2. The molecule has 0 bridgehead atoms. The SMILES string of the molecule is Cc1cc(Nc2cc(C(F)(F)F)ccn2)nc(C2C=NC(C3CCCc4cc(Br)ccc43)S2)c1. The minimum atomic E-state index is -4.43. The van der Waals surface area contributed by atoms with Crippen LogP contribution >= 0.6 is 27.7 Å². The summed E-state index contributed by atoms with van der Waals surface area (Å²) in [5.41, 5.74) is 3.81. The molecule has 0 radical (unpaired) electrons. The number of nitrogens with zero attached hydrogens (tertiary/aromatic N) is 3. The molecule has 1 aliphatic heterocycles. The van der Waals surface area contributed by atoms with Crippen molar-refractivity contribution < 1.29 is 13.2 Å². The van der Waals surface area contributed by atoms with E-state index in [0.29, 0.717) is 11.7 Å². The number of aliphatic imine (C=N–C) groups is 1. The number of halogens is 4. The molecule has 3 unspecified atom stereocenters. The molecule has 1 aromatic carbocycles. The van der Waals surface area contributed by atoms with Crippen LogP contribution in [0, 0.1) is 6.92 Å². The molecule has 3 aromatic rings. The molecule has 9 heteroatoms. The number of hydrogen-bond acceptors (Lipinski definition) is 5. The monoisotopic (exact) mass is 546 g/mol. The average molecular weight is 547 g/mol. The predicted molar refractivity (Wildman–Crippen MR) is 134 cm³/mol. The van der Waals surface area contributed by atoms with Gasteiger partial charge in [-0.25, -0.2) is 9.97 Å². The van der Waals surface area contributed by atoms with Gasteiger partial charge in [0.2, 0.25) is 0 Å². The Balaban J connectivity index is 1.34. The molecule has 34 heavy (non-hydrogen) atoms. The van der Waals surface area contributed by atoms with Crippen LogP contribution in [-0.4, -0.2) is 21.6 Å². The summed E-state index contributed by atoms with van der Waals surface area (Å²) in [7, 11) is 0. The molecule has 0 saturated heterocycles. The van der Waals surface area contributed by atoms with Gasteiger partial charge in [0.25, 0.3) is 0 Å². The fourth-order valence-electron chi connectivity index (χ4n) is 4.56. The Bertz CT molecular complexity index is 1250. The zero-order valence-electron chi connectivity index (χ0n) is 18.3. The van der Waals surface area contributed by atoms with Crippen LogP contribution in [0.25, 0.3) is 0 Å². The molecule has 0 fully saturated rings. The lowest BCUT2D eigenvalue weighted by Crippen LogP contribution is -2.18. The summed E-state index contributed by atoms with van der Waals surface area (Å²) in [6.45, 7) is 1.94. The van der Waals surface area contributed by atoms with Crippen LogP contribution < -0.4 is 5.32 Å². The van der Waals surface area contributed by atoms with Crippen molar-refractivity contribution in [1.29, 1.82) is 0 Å². The molecule has 3 heterocycles. The van der Waals surface area contributed by atoms with Gasteiger partial charge in [0, 0.05) is 22.8 Å². The van der Waals surface area contributed by atoms with E-state index in [1.54, 1.807) is 17.8 Å². The Hall–Kier alpha value is -2.39. The van der Waals surface area contributed by atoms with E-state index in [1.807, 2.05) is 19.2 Å². The number of rotatable bonds is 4. The first-order valence-corrected chi connectivity index (χ1v) is 12.8. The summed E-state index contributed by atoms with van der Waals surface area (Å²) in [6.07, 6.45) is 2.01. The zero-order chi connectivity index (χ0) is 23.9. The lowest BCUT2D eigenvalue weighted by Gasteiger charge is -2.29. The molecule has 2 aromatic heterocycles. The number of benzene rings is 1. The first kappa shape index (κ1) is 23.4. The van der Waals surface area contributed by atoms with E-state index in [2.05, 4.69) is 49.4 Å². The fourth-order valence-corrected chi connectivity index (χ4v) is 6.28. The Kier molecular flexibility index (Phi) is 6.41. The first-order valence-electron chi connectivity index (χ1n) is 11.0. The highest BCUT2D eigenvalue weighted by atomic mass is 79.9. The number of aryl methyl sites for hydroxylation is 2. The Morgan fingerprint density at radius 2 is 1.94 bits per heavy atom. The maximum absolute atomic E-state index is 13.1. The van der Waals surface area contributed by atoms with Crippen LogP contribution in [0.15, 0.2) is 58.1 Å². The van der Waals surface area contributed by atoms with Crippen molar-refractivity contribution in [1.82, 2.24) is 9.97 Å². The second-order valence-corrected chi connectivity index (χ2v) is 10.8. The van der Waals surface area contributed by atoms with Crippen LogP contribution in [0.3, 0.4) is 0 Å². The van der Waals surface area contributed by atoms with Gasteiger partial charge >= 0.3 is 6.18 Å². The summed E-state index contributed by atoms with van der Waals surface area (Å²) in [5.74, 6) is 0.932. The van der Waals surface area contributed by atoms with Crippen LogP contribution in [0.1, 0.15) is 52.0 Å². The molecular weight excluding hydrogens is 525 g/mol. The van der Waals surface area contributed by atoms with Crippen molar-refractivity contribution >= 4 is 45.5 Å². The maximum atomic E-state index is 13.1. The largest absolute Gasteiger partial charge is 0.416 e. The molecule has 5 rings (SSSR count).